The number of nitrogens with one attached hydrogen (secondary N) is 1. The molecule has 1 aromatic heterocycles. The van der Waals surface area contributed by atoms with Crippen molar-refractivity contribution in [2.45, 2.75) is 20.0 Å². The minimum atomic E-state index is -1.11. The molecule has 160 valence electrons. The van der Waals surface area contributed by atoms with E-state index in [4.69, 9.17) is 4.74 Å². The van der Waals surface area contributed by atoms with Crippen molar-refractivity contribution < 1.29 is 14.3 Å². The van der Waals surface area contributed by atoms with E-state index < -0.39 is 18.0 Å². The maximum Gasteiger partial charge on any atom is 0.339 e. The first-order chi connectivity index (χ1) is 15.5. The zero-order chi connectivity index (χ0) is 22.5. The second kappa shape index (κ2) is 9.22. The van der Waals surface area contributed by atoms with Gasteiger partial charge in [-0.3, -0.25) is 4.79 Å². The minimum Gasteiger partial charge on any atom is -0.444 e. The molecule has 0 aliphatic carbocycles. The number of esters is 1. The summed E-state index contributed by atoms with van der Waals surface area (Å²) in [5.74, 6) is -1.04. The summed E-state index contributed by atoms with van der Waals surface area (Å²) >= 11 is 0. The Morgan fingerprint density at radius 2 is 1.72 bits per heavy atom. The molecule has 1 N–H and O–H groups in total. The monoisotopic (exact) mass is 427 g/mol. The normalized spacial score (nSPS) is 11.6. The second-order valence-corrected chi connectivity index (χ2v) is 7.30. The number of ether oxygens (including phenoxy) is 1. The predicted octanol–water partition coefficient (Wildman–Crippen LogP) is 3.82. The highest BCUT2D eigenvalue weighted by Crippen LogP contribution is 2.24. The van der Waals surface area contributed by atoms with Crippen molar-refractivity contribution in [3.63, 3.8) is 0 Å². The molecule has 8 nitrogen and oxygen atoms in total. The third-order valence-corrected chi connectivity index (χ3v) is 4.93. The molecule has 0 radical (unpaired) electrons. The third-order valence-electron chi connectivity index (χ3n) is 4.93. The molecule has 0 aliphatic heterocycles. The first-order valence-corrected chi connectivity index (χ1v) is 9.99. The molecule has 0 saturated carbocycles. The Balaban J connectivity index is 1.56. The van der Waals surface area contributed by atoms with Gasteiger partial charge in [-0.2, -0.15) is 0 Å². The zero-order valence-corrected chi connectivity index (χ0v) is 17.6. The molecule has 0 unspecified atom stereocenters. The number of benzene rings is 3. The number of carbonyl (C=O) groups excluding carboxylic acids is 2. The minimum absolute atomic E-state index is 0.308. The Hall–Kier alpha value is -4.33. The summed E-state index contributed by atoms with van der Waals surface area (Å²) in [6.07, 6.45) is 0.346. The van der Waals surface area contributed by atoms with Crippen molar-refractivity contribution in [2.75, 3.05) is 5.32 Å². The van der Waals surface area contributed by atoms with Crippen LogP contribution in [0, 0.1) is 13.8 Å². The van der Waals surface area contributed by atoms with E-state index in [9.17, 15) is 9.59 Å². The van der Waals surface area contributed by atoms with E-state index in [0.29, 0.717) is 22.5 Å². The van der Waals surface area contributed by atoms with Crippen LogP contribution in [0.1, 0.15) is 33.2 Å². The summed E-state index contributed by atoms with van der Waals surface area (Å²) in [6.45, 7) is 3.85. The number of anilines is 1. The molecule has 4 aromatic rings. The molecule has 0 aliphatic rings. The maximum absolute atomic E-state index is 13.1. The summed E-state index contributed by atoms with van der Waals surface area (Å²) in [7, 11) is 0. The Labute approximate surface area is 184 Å². The lowest BCUT2D eigenvalue weighted by Crippen LogP contribution is -2.26. The summed E-state index contributed by atoms with van der Waals surface area (Å²) in [5.41, 5.74) is 4.19. The van der Waals surface area contributed by atoms with Crippen molar-refractivity contribution in [3.05, 3.63) is 101 Å². The zero-order valence-electron chi connectivity index (χ0n) is 17.6. The molecular formula is C24H21N5O3. The van der Waals surface area contributed by atoms with Crippen LogP contribution >= 0.6 is 0 Å². The van der Waals surface area contributed by atoms with Gasteiger partial charge in [-0.1, -0.05) is 42.5 Å². The first-order valence-electron chi connectivity index (χ1n) is 9.99. The van der Waals surface area contributed by atoms with Crippen molar-refractivity contribution >= 4 is 17.6 Å². The average molecular weight is 427 g/mol. The smallest absolute Gasteiger partial charge is 0.339 e. The number of aryl methyl sites for hydroxylation is 2. The highest BCUT2D eigenvalue weighted by Gasteiger charge is 2.26. The number of amides is 1. The van der Waals surface area contributed by atoms with Crippen molar-refractivity contribution in [1.82, 2.24) is 20.2 Å². The van der Waals surface area contributed by atoms with Gasteiger partial charge in [-0.15, -0.1) is 5.10 Å². The molecule has 1 amide bonds. The average Bonchev–Trinajstić information content (AvgIpc) is 3.35. The van der Waals surface area contributed by atoms with Crippen LogP contribution in [0.5, 0.6) is 0 Å². The van der Waals surface area contributed by atoms with Crippen LogP contribution in [0.4, 0.5) is 5.69 Å². The fourth-order valence-electron chi connectivity index (χ4n) is 3.17. The lowest BCUT2D eigenvalue weighted by atomic mass is 10.1. The lowest BCUT2D eigenvalue weighted by Gasteiger charge is -2.19. The molecule has 4 rings (SSSR count). The molecule has 32 heavy (non-hydrogen) atoms. The number of nitrogens with zero attached hydrogens (tertiary/aromatic N) is 4. The van der Waals surface area contributed by atoms with E-state index in [1.807, 2.05) is 38.1 Å². The number of tetrazole rings is 1. The van der Waals surface area contributed by atoms with Crippen molar-refractivity contribution in [3.8, 4) is 5.69 Å². The Kier molecular flexibility index (Phi) is 6.03. The van der Waals surface area contributed by atoms with E-state index in [-0.39, 0.29) is 0 Å². The summed E-state index contributed by atoms with van der Waals surface area (Å²) in [4.78, 5) is 26.0. The summed E-state index contributed by atoms with van der Waals surface area (Å²) < 4.78 is 7.13. The van der Waals surface area contributed by atoms with Gasteiger partial charge in [0, 0.05) is 11.3 Å². The van der Waals surface area contributed by atoms with Crippen molar-refractivity contribution in [2.24, 2.45) is 0 Å². The Morgan fingerprint density at radius 3 is 2.41 bits per heavy atom. The molecule has 8 heteroatoms. The molecule has 0 saturated heterocycles. The summed E-state index contributed by atoms with van der Waals surface area (Å²) in [6, 6.07) is 21.3. The van der Waals surface area contributed by atoms with E-state index >= 15 is 0 Å². The Bertz CT molecular complexity index is 1220. The van der Waals surface area contributed by atoms with Gasteiger partial charge < -0.3 is 10.1 Å². The first kappa shape index (κ1) is 20.9. The van der Waals surface area contributed by atoms with Crippen LogP contribution in [-0.4, -0.2) is 32.1 Å². The van der Waals surface area contributed by atoms with E-state index in [1.54, 1.807) is 48.5 Å². The third kappa shape index (κ3) is 4.70. The highest BCUT2D eigenvalue weighted by atomic mass is 16.5. The van der Waals surface area contributed by atoms with Gasteiger partial charge in [0.1, 0.15) is 6.33 Å². The molecule has 0 spiro atoms. The number of rotatable bonds is 6. The fourth-order valence-corrected chi connectivity index (χ4v) is 3.17. The fraction of sp³-hybridized carbons (Fsp3) is 0.125. The summed E-state index contributed by atoms with van der Waals surface area (Å²) in [5, 5.41) is 13.9. The molecular weight excluding hydrogens is 406 g/mol. The van der Waals surface area contributed by atoms with Crippen LogP contribution in [0.2, 0.25) is 0 Å². The van der Waals surface area contributed by atoms with Gasteiger partial charge in [0.05, 0.1) is 11.3 Å². The van der Waals surface area contributed by atoms with E-state index in [0.717, 1.165) is 11.1 Å². The van der Waals surface area contributed by atoms with E-state index in [1.165, 1.54) is 11.0 Å². The van der Waals surface area contributed by atoms with Crippen LogP contribution < -0.4 is 5.32 Å². The number of aromatic nitrogens is 4. The molecule has 0 fully saturated rings. The number of hydrogen-bond donors (Lipinski definition) is 1. The van der Waals surface area contributed by atoms with Crippen LogP contribution in [-0.2, 0) is 9.53 Å². The van der Waals surface area contributed by atoms with Crippen LogP contribution in [0.15, 0.2) is 79.1 Å². The lowest BCUT2D eigenvalue weighted by molar-refractivity contribution is -0.125. The Morgan fingerprint density at radius 1 is 0.969 bits per heavy atom. The molecule has 1 heterocycles. The maximum atomic E-state index is 13.1. The molecule has 0 bridgehead atoms. The van der Waals surface area contributed by atoms with Gasteiger partial charge >= 0.3 is 5.97 Å². The van der Waals surface area contributed by atoms with Crippen molar-refractivity contribution in [1.29, 1.82) is 0 Å². The van der Waals surface area contributed by atoms with Gasteiger partial charge in [-0.05, 0) is 65.7 Å². The predicted molar refractivity (Wildman–Crippen MR) is 118 cm³/mol. The number of hydrogen-bond acceptors (Lipinski definition) is 6. The van der Waals surface area contributed by atoms with Gasteiger partial charge in [0.25, 0.3) is 5.91 Å². The number of carbonyl (C=O) groups is 2. The topological polar surface area (TPSA) is 99.0 Å². The quantitative estimate of drug-likeness (QED) is 0.470. The largest absolute Gasteiger partial charge is 0.444 e. The SMILES string of the molecule is Cc1ccc(C)c(NC(=O)[C@@H](OC(=O)c2ccc(-n3cnnn3)cc2)c2ccccc2)c1. The molecule has 1 atom stereocenters. The molecule has 3 aromatic carbocycles. The van der Waals surface area contributed by atoms with Gasteiger partial charge in [0.2, 0.25) is 6.10 Å². The van der Waals surface area contributed by atoms with Crippen LogP contribution in [0.25, 0.3) is 5.69 Å². The van der Waals surface area contributed by atoms with Crippen LogP contribution in [0.3, 0.4) is 0 Å². The van der Waals surface area contributed by atoms with E-state index in [2.05, 4.69) is 20.8 Å². The standard InChI is InChI=1S/C24H21N5O3/c1-16-8-9-17(2)21(14-16)26-23(30)22(18-6-4-3-5-7-18)32-24(31)19-10-12-20(13-11-19)29-15-25-27-28-29/h3-15,22H,1-2H3,(H,26,30)/t22-/m0/s1. The van der Waals surface area contributed by atoms with Gasteiger partial charge in [-0.25, -0.2) is 9.48 Å². The van der Waals surface area contributed by atoms with Gasteiger partial charge in [0.15, 0.2) is 0 Å². The second-order valence-electron chi connectivity index (χ2n) is 7.30. The highest BCUT2D eigenvalue weighted by molar-refractivity contribution is 5.98.